The van der Waals surface area contributed by atoms with Crippen molar-refractivity contribution in [3.05, 3.63) is 87.3 Å². The van der Waals surface area contributed by atoms with E-state index in [0.29, 0.717) is 29.0 Å². The number of pyridine rings is 2. The van der Waals surface area contributed by atoms with Gasteiger partial charge in [0.25, 0.3) is 5.91 Å². The van der Waals surface area contributed by atoms with Crippen LogP contribution in [0.5, 0.6) is 0 Å². The van der Waals surface area contributed by atoms with Crippen molar-refractivity contribution < 1.29 is 27.9 Å². The van der Waals surface area contributed by atoms with Gasteiger partial charge in [-0.15, -0.1) is 0 Å². The van der Waals surface area contributed by atoms with E-state index >= 15 is 0 Å². The Morgan fingerprint density at radius 2 is 1.86 bits per heavy atom. The first-order chi connectivity index (χ1) is 17.1. The van der Waals surface area contributed by atoms with Crippen molar-refractivity contribution in [3.63, 3.8) is 0 Å². The number of carbonyl (C=O) groups is 2. The average molecular weight is 521 g/mol. The summed E-state index contributed by atoms with van der Waals surface area (Å²) < 4.78 is 39.7. The molecule has 2 aromatic heterocycles. The molecule has 0 saturated carbocycles. The molecule has 0 fully saturated rings. The van der Waals surface area contributed by atoms with Crippen LogP contribution < -0.4 is 5.32 Å². The van der Waals surface area contributed by atoms with E-state index < -0.39 is 17.6 Å². The first kappa shape index (κ1) is 27.1. The summed E-state index contributed by atoms with van der Waals surface area (Å²) in [6.45, 7) is 0.132. The zero-order valence-corrected chi connectivity index (χ0v) is 20.1. The van der Waals surface area contributed by atoms with Crippen LogP contribution in [-0.4, -0.2) is 52.5 Å². The van der Waals surface area contributed by atoms with Crippen molar-refractivity contribution in [2.75, 3.05) is 25.5 Å². The number of aromatic nitrogens is 2. The van der Waals surface area contributed by atoms with Crippen molar-refractivity contribution >= 4 is 29.7 Å². The number of hydrogen-bond donors (Lipinski definition) is 2. The Labute approximate surface area is 210 Å². The standard InChI is InChI=1S/C25H24ClF3N4O3/c1-33(7-2-8-34)24(36)22-21(11-16-3-5-20(26)6-4-16)18(13-31-23(22)32-15-35)9-17-10-19(14-30-12-17)25(27,28)29/h3-6,10,12-15,34H,2,7-9,11H2,1H3,(H,31,32,35). The molecular formula is C25H24ClF3N4O3. The number of nitrogens with zero attached hydrogens (tertiary/aromatic N) is 3. The summed E-state index contributed by atoms with van der Waals surface area (Å²) in [6.07, 6.45) is -0.0575. The number of carbonyl (C=O) groups excluding carboxylic acids is 2. The molecular weight excluding hydrogens is 497 g/mol. The fraction of sp³-hybridized carbons (Fsp3) is 0.280. The number of aliphatic hydroxyl groups is 1. The molecule has 2 N–H and O–H groups in total. The molecule has 1 aromatic carbocycles. The van der Waals surface area contributed by atoms with Crippen LogP contribution in [0.1, 0.15) is 44.6 Å². The highest BCUT2D eigenvalue weighted by Gasteiger charge is 2.31. The second-order valence-electron chi connectivity index (χ2n) is 8.11. The number of benzene rings is 1. The first-order valence-corrected chi connectivity index (χ1v) is 11.3. The van der Waals surface area contributed by atoms with Crippen LogP contribution in [0.25, 0.3) is 0 Å². The highest BCUT2D eigenvalue weighted by Crippen LogP contribution is 2.31. The zero-order chi connectivity index (χ0) is 26.3. The SMILES string of the molecule is CN(CCCO)C(=O)c1c(NC=O)ncc(Cc2cncc(C(F)(F)F)c2)c1Cc1ccc(Cl)cc1. The lowest BCUT2D eigenvalue weighted by molar-refractivity contribution is -0.137. The van der Waals surface area contributed by atoms with Crippen LogP contribution in [0.4, 0.5) is 19.0 Å². The van der Waals surface area contributed by atoms with Crippen LogP contribution in [0.3, 0.4) is 0 Å². The van der Waals surface area contributed by atoms with E-state index in [1.165, 1.54) is 17.3 Å². The van der Waals surface area contributed by atoms with E-state index in [1.54, 1.807) is 31.3 Å². The van der Waals surface area contributed by atoms with Gasteiger partial charge < -0.3 is 15.3 Å². The van der Waals surface area contributed by atoms with Gasteiger partial charge >= 0.3 is 6.18 Å². The summed E-state index contributed by atoms with van der Waals surface area (Å²) in [5.74, 6) is -0.422. The third kappa shape index (κ3) is 6.79. The van der Waals surface area contributed by atoms with Crippen molar-refractivity contribution in [3.8, 4) is 0 Å². The molecule has 2 heterocycles. The molecule has 3 aromatic rings. The van der Waals surface area contributed by atoms with Gasteiger partial charge in [0, 0.05) is 50.2 Å². The fourth-order valence-electron chi connectivity index (χ4n) is 3.70. The highest BCUT2D eigenvalue weighted by atomic mass is 35.5. The number of nitrogens with one attached hydrogen (secondary N) is 1. The summed E-state index contributed by atoms with van der Waals surface area (Å²) in [5.41, 5.74) is 1.31. The van der Waals surface area contributed by atoms with E-state index in [2.05, 4.69) is 15.3 Å². The van der Waals surface area contributed by atoms with Gasteiger partial charge in [0.1, 0.15) is 5.82 Å². The predicted molar refractivity (Wildman–Crippen MR) is 129 cm³/mol. The maximum absolute atomic E-state index is 13.5. The Morgan fingerprint density at radius 1 is 1.14 bits per heavy atom. The van der Waals surface area contributed by atoms with Gasteiger partial charge in [0.05, 0.1) is 11.1 Å². The fourth-order valence-corrected chi connectivity index (χ4v) is 3.83. The molecule has 0 aliphatic carbocycles. The number of amides is 2. The molecule has 0 atom stereocenters. The molecule has 0 radical (unpaired) electrons. The topological polar surface area (TPSA) is 95.4 Å². The minimum Gasteiger partial charge on any atom is -0.396 e. The van der Waals surface area contributed by atoms with E-state index in [-0.39, 0.29) is 42.9 Å². The largest absolute Gasteiger partial charge is 0.417 e. The van der Waals surface area contributed by atoms with Crippen LogP contribution in [-0.2, 0) is 23.8 Å². The maximum Gasteiger partial charge on any atom is 0.417 e. The Hall–Kier alpha value is -3.50. The van der Waals surface area contributed by atoms with Gasteiger partial charge in [-0.25, -0.2) is 4.98 Å². The Balaban J connectivity index is 2.15. The van der Waals surface area contributed by atoms with Crippen molar-refractivity contribution in [2.45, 2.75) is 25.4 Å². The lowest BCUT2D eigenvalue weighted by Crippen LogP contribution is -2.30. The second kappa shape index (κ2) is 12.0. The Kier molecular flexibility index (Phi) is 9.00. The van der Waals surface area contributed by atoms with Crippen molar-refractivity contribution in [1.29, 1.82) is 0 Å². The van der Waals surface area contributed by atoms with E-state index in [1.807, 2.05) is 0 Å². The minimum absolute atomic E-state index is 0.0227. The third-order valence-electron chi connectivity index (χ3n) is 5.49. The molecule has 190 valence electrons. The van der Waals surface area contributed by atoms with Gasteiger partial charge in [0.15, 0.2) is 0 Å². The summed E-state index contributed by atoms with van der Waals surface area (Å²) in [7, 11) is 1.55. The van der Waals surface area contributed by atoms with Gasteiger partial charge in [-0.2, -0.15) is 13.2 Å². The number of anilines is 1. The molecule has 0 saturated heterocycles. The molecule has 3 rings (SSSR count). The Bertz CT molecular complexity index is 1220. The van der Waals surface area contributed by atoms with E-state index in [0.717, 1.165) is 17.8 Å². The first-order valence-electron chi connectivity index (χ1n) is 11.0. The normalized spacial score (nSPS) is 11.3. The number of rotatable bonds is 10. The number of hydrogen-bond acceptors (Lipinski definition) is 5. The van der Waals surface area contributed by atoms with Gasteiger partial charge in [-0.1, -0.05) is 23.7 Å². The van der Waals surface area contributed by atoms with Gasteiger partial charge in [-0.3, -0.25) is 14.6 Å². The van der Waals surface area contributed by atoms with E-state index in [4.69, 9.17) is 16.7 Å². The average Bonchev–Trinajstić information content (AvgIpc) is 2.85. The van der Waals surface area contributed by atoms with Crippen LogP contribution in [0.15, 0.2) is 48.9 Å². The van der Waals surface area contributed by atoms with Crippen molar-refractivity contribution in [2.24, 2.45) is 0 Å². The van der Waals surface area contributed by atoms with Crippen LogP contribution in [0, 0.1) is 0 Å². The molecule has 0 unspecified atom stereocenters. The molecule has 0 aliphatic heterocycles. The van der Waals surface area contributed by atoms with E-state index in [9.17, 15) is 22.8 Å². The maximum atomic E-state index is 13.5. The van der Waals surface area contributed by atoms with Crippen molar-refractivity contribution in [1.82, 2.24) is 14.9 Å². The number of alkyl halides is 3. The molecule has 7 nitrogen and oxygen atoms in total. The summed E-state index contributed by atoms with van der Waals surface area (Å²) in [4.78, 5) is 34.1. The van der Waals surface area contributed by atoms with Crippen LogP contribution >= 0.6 is 11.6 Å². The third-order valence-corrected chi connectivity index (χ3v) is 5.75. The molecule has 0 spiro atoms. The summed E-state index contributed by atoms with van der Waals surface area (Å²) >= 11 is 6.00. The molecule has 36 heavy (non-hydrogen) atoms. The monoisotopic (exact) mass is 520 g/mol. The zero-order valence-electron chi connectivity index (χ0n) is 19.3. The van der Waals surface area contributed by atoms with Crippen LogP contribution in [0.2, 0.25) is 5.02 Å². The lowest BCUT2D eigenvalue weighted by Gasteiger charge is -2.22. The highest BCUT2D eigenvalue weighted by molar-refractivity contribution is 6.30. The number of aliphatic hydroxyl groups excluding tert-OH is 1. The lowest BCUT2D eigenvalue weighted by atomic mass is 9.92. The quantitative estimate of drug-likeness (QED) is 0.387. The van der Waals surface area contributed by atoms with Gasteiger partial charge in [-0.05, 0) is 53.3 Å². The minimum atomic E-state index is -4.55. The van der Waals surface area contributed by atoms with Gasteiger partial charge in [0.2, 0.25) is 6.41 Å². The Morgan fingerprint density at radius 3 is 2.50 bits per heavy atom. The molecule has 0 bridgehead atoms. The second-order valence-corrected chi connectivity index (χ2v) is 8.55. The number of halogens is 4. The summed E-state index contributed by atoms with van der Waals surface area (Å²) in [6, 6.07) is 7.93. The molecule has 11 heteroatoms. The smallest absolute Gasteiger partial charge is 0.396 e. The summed E-state index contributed by atoms with van der Waals surface area (Å²) in [5, 5.41) is 12.1. The predicted octanol–water partition coefficient (Wildman–Crippen LogP) is 4.35. The molecule has 2 amide bonds. The molecule has 0 aliphatic rings.